The van der Waals surface area contributed by atoms with Gasteiger partial charge >= 0.3 is 0 Å². The van der Waals surface area contributed by atoms with Gasteiger partial charge in [0.15, 0.2) is 0 Å². The molecule has 0 spiro atoms. The highest BCUT2D eigenvalue weighted by molar-refractivity contribution is 5.54. The molecular formula is C15H15F2NO. The topological polar surface area (TPSA) is 32.3 Å². The largest absolute Gasteiger partial charge is 0.508 e. The highest BCUT2D eigenvalue weighted by Crippen LogP contribution is 2.29. The van der Waals surface area contributed by atoms with E-state index in [9.17, 15) is 13.9 Å². The van der Waals surface area contributed by atoms with Gasteiger partial charge in [-0.05, 0) is 43.7 Å². The molecule has 2 nitrogen and oxygen atoms in total. The molecule has 1 unspecified atom stereocenters. The maximum absolute atomic E-state index is 13.7. The summed E-state index contributed by atoms with van der Waals surface area (Å²) in [6.07, 6.45) is 0. The van der Waals surface area contributed by atoms with Gasteiger partial charge in [-0.15, -0.1) is 0 Å². The highest BCUT2D eigenvalue weighted by Gasteiger charge is 2.14. The number of hydrogen-bond acceptors (Lipinski definition) is 2. The van der Waals surface area contributed by atoms with Crippen molar-refractivity contribution in [2.24, 2.45) is 0 Å². The molecule has 0 fully saturated rings. The van der Waals surface area contributed by atoms with Crippen LogP contribution in [0, 0.1) is 18.6 Å². The number of phenolic OH excluding ortho intramolecular Hbond substituents is 1. The first-order valence-corrected chi connectivity index (χ1v) is 5.99. The summed E-state index contributed by atoms with van der Waals surface area (Å²) in [5.41, 5.74) is 1.50. The summed E-state index contributed by atoms with van der Waals surface area (Å²) in [5, 5.41) is 12.7. The molecule has 0 aliphatic carbocycles. The molecule has 0 saturated carbocycles. The van der Waals surface area contributed by atoms with E-state index in [1.54, 1.807) is 26.0 Å². The van der Waals surface area contributed by atoms with Crippen LogP contribution in [0.5, 0.6) is 5.75 Å². The smallest absolute Gasteiger partial charge is 0.146 e. The predicted molar refractivity (Wildman–Crippen MR) is 71.2 cm³/mol. The minimum absolute atomic E-state index is 0.0182. The second kappa shape index (κ2) is 5.26. The number of phenols is 1. The van der Waals surface area contributed by atoms with Gasteiger partial charge in [0.05, 0.1) is 11.7 Å². The number of rotatable bonds is 3. The van der Waals surface area contributed by atoms with Crippen LogP contribution < -0.4 is 5.32 Å². The molecule has 2 N–H and O–H groups in total. The van der Waals surface area contributed by atoms with Crippen LogP contribution in [0.3, 0.4) is 0 Å². The fourth-order valence-corrected chi connectivity index (χ4v) is 1.98. The van der Waals surface area contributed by atoms with Crippen molar-refractivity contribution in [2.75, 3.05) is 5.32 Å². The van der Waals surface area contributed by atoms with Gasteiger partial charge in [0.1, 0.15) is 17.4 Å². The molecule has 2 aromatic carbocycles. The Hall–Kier alpha value is -2.10. The van der Waals surface area contributed by atoms with Crippen molar-refractivity contribution in [3.63, 3.8) is 0 Å². The summed E-state index contributed by atoms with van der Waals surface area (Å²) in [6, 6.07) is 8.06. The van der Waals surface area contributed by atoms with E-state index in [2.05, 4.69) is 5.32 Å². The van der Waals surface area contributed by atoms with Crippen molar-refractivity contribution in [1.29, 1.82) is 0 Å². The van der Waals surface area contributed by atoms with Crippen LogP contribution in [0.1, 0.15) is 24.1 Å². The zero-order chi connectivity index (χ0) is 14.0. The zero-order valence-electron chi connectivity index (χ0n) is 10.7. The predicted octanol–water partition coefficient (Wildman–Crippen LogP) is 4.15. The lowest BCUT2D eigenvalue weighted by molar-refractivity contribution is 0.462. The van der Waals surface area contributed by atoms with Gasteiger partial charge in [0.25, 0.3) is 0 Å². The van der Waals surface area contributed by atoms with E-state index in [0.29, 0.717) is 11.3 Å². The van der Waals surface area contributed by atoms with E-state index in [-0.39, 0.29) is 11.6 Å². The maximum atomic E-state index is 13.7. The summed E-state index contributed by atoms with van der Waals surface area (Å²) >= 11 is 0. The number of nitrogens with one attached hydrogen (secondary N) is 1. The van der Waals surface area contributed by atoms with Gasteiger partial charge in [-0.1, -0.05) is 12.1 Å². The van der Waals surface area contributed by atoms with E-state index in [1.165, 1.54) is 24.3 Å². The van der Waals surface area contributed by atoms with Gasteiger partial charge in [-0.3, -0.25) is 0 Å². The molecule has 0 saturated heterocycles. The molecule has 4 heteroatoms. The molecule has 2 aromatic rings. The van der Waals surface area contributed by atoms with Gasteiger partial charge in [0, 0.05) is 5.56 Å². The molecule has 0 bridgehead atoms. The van der Waals surface area contributed by atoms with E-state index in [0.717, 1.165) is 5.56 Å². The first-order chi connectivity index (χ1) is 8.99. The van der Waals surface area contributed by atoms with Crippen LogP contribution >= 0.6 is 0 Å². The lowest BCUT2D eigenvalue weighted by Crippen LogP contribution is -2.09. The van der Waals surface area contributed by atoms with E-state index < -0.39 is 11.9 Å². The standard InChI is InChI=1S/C15H15F2NO/c1-9-4-3-5-13(17)15(9)18-10(2)12-8-11(16)6-7-14(12)19/h3-8,10,18-19H,1-2H3. The van der Waals surface area contributed by atoms with Gasteiger partial charge in [-0.25, -0.2) is 8.78 Å². The van der Waals surface area contributed by atoms with Crippen molar-refractivity contribution in [2.45, 2.75) is 19.9 Å². The van der Waals surface area contributed by atoms with Crippen LogP contribution in [0.25, 0.3) is 0 Å². The maximum Gasteiger partial charge on any atom is 0.146 e. The lowest BCUT2D eigenvalue weighted by Gasteiger charge is -2.19. The Morgan fingerprint density at radius 2 is 1.89 bits per heavy atom. The minimum atomic E-state index is -0.438. The molecule has 1 atom stereocenters. The van der Waals surface area contributed by atoms with Gasteiger partial charge in [0.2, 0.25) is 0 Å². The Bertz CT molecular complexity index is 578. The third-order valence-corrected chi connectivity index (χ3v) is 3.04. The molecule has 0 aliphatic rings. The van der Waals surface area contributed by atoms with Gasteiger partial charge in [-0.2, -0.15) is 0 Å². The second-order valence-electron chi connectivity index (χ2n) is 4.50. The number of halogens is 2. The average Bonchev–Trinajstić information content (AvgIpc) is 2.37. The fraction of sp³-hybridized carbons (Fsp3) is 0.200. The van der Waals surface area contributed by atoms with Crippen LogP contribution in [-0.2, 0) is 0 Å². The quantitative estimate of drug-likeness (QED) is 0.871. The molecule has 100 valence electrons. The molecule has 0 radical (unpaired) electrons. The number of aryl methyl sites for hydroxylation is 1. The number of para-hydroxylation sites is 1. The summed E-state index contributed by atoms with van der Waals surface area (Å²) in [5.74, 6) is -0.829. The van der Waals surface area contributed by atoms with E-state index in [4.69, 9.17) is 0 Å². The fourth-order valence-electron chi connectivity index (χ4n) is 1.98. The molecular weight excluding hydrogens is 248 g/mol. The average molecular weight is 263 g/mol. The minimum Gasteiger partial charge on any atom is -0.508 e. The van der Waals surface area contributed by atoms with E-state index in [1.807, 2.05) is 0 Å². The molecule has 0 amide bonds. The van der Waals surface area contributed by atoms with Crippen LogP contribution in [0.4, 0.5) is 14.5 Å². The van der Waals surface area contributed by atoms with Crippen LogP contribution in [0.15, 0.2) is 36.4 Å². The van der Waals surface area contributed by atoms with Gasteiger partial charge < -0.3 is 10.4 Å². The first kappa shape index (κ1) is 13.3. The lowest BCUT2D eigenvalue weighted by atomic mass is 10.1. The van der Waals surface area contributed by atoms with Crippen LogP contribution in [-0.4, -0.2) is 5.11 Å². The molecule has 0 heterocycles. The van der Waals surface area contributed by atoms with Crippen molar-refractivity contribution in [3.8, 4) is 5.75 Å². The highest BCUT2D eigenvalue weighted by atomic mass is 19.1. The Balaban J connectivity index is 2.31. The first-order valence-electron chi connectivity index (χ1n) is 5.99. The molecule has 0 aromatic heterocycles. The Kier molecular flexibility index (Phi) is 3.69. The monoisotopic (exact) mass is 263 g/mol. The van der Waals surface area contributed by atoms with Crippen molar-refractivity contribution in [3.05, 3.63) is 59.2 Å². The zero-order valence-corrected chi connectivity index (χ0v) is 10.7. The number of anilines is 1. The number of aromatic hydroxyl groups is 1. The Labute approximate surface area is 110 Å². The summed E-state index contributed by atoms with van der Waals surface area (Å²) in [4.78, 5) is 0. The molecule has 0 aliphatic heterocycles. The number of hydrogen-bond donors (Lipinski definition) is 2. The summed E-state index contributed by atoms with van der Waals surface area (Å²) in [7, 11) is 0. The van der Waals surface area contributed by atoms with E-state index >= 15 is 0 Å². The van der Waals surface area contributed by atoms with Crippen molar-refractivity contribution in [1.82, 2.24) is 0 Å². The second-order valence-corrected chi connectivity index (χ2v) is 4.50. The molecule has 19 heavy (non-hydrogen) atoms. The molecule has 2 rings (SSSR count). The third kappa shape index (κ3) is 2.84. The normalized spacial score (nSPS) is 12.2. The Morgan fingerprint density at radius 1 is 1.16 bits per heavy atom. The van der Waals surface area contributed by atoms with Crippen molar-refractivity contribution >= 4 is 5.69 Å². The van der Waals surface area contributed by atoms with Crippen LogP contribution in [0.2, 0.25) is 0 Å². The third-order valence-electron chi connectivity index (χ3n) is 3.04. The van der Waals surface area contributed by atoms with Crippen molar-refractivity contribution < 1.29 is 13.9 Å². The SMILES string of the molecule is Cc1cccc(F)c1NC(C)c1cc(F)ccc1O. The summed E-state index contributed by atoms with van der Waals surface area (Å²) in [6.45, 7) is 3.52. The Morgan fingerprint density at radius 3 is 2.58 bits per heavy atom. The summed E-state index contributed by atoms with van der Waals surface area (Å²) < 4.78 is 26.9. The number of benzene rings is 2.